The number of primary amides is 1. The van der Waals surface area contributed by atoms with E-state index in [1.165, 1.54) is 17.8 Å². The topological polar surface area (TPSA) is 84.6 Å². The molecule has 1 unspecified atom stereocenters. The number of nitrogens with two attached hydrogens (primary N) is 1. The molecule has 0 saturated carbocycles. The van der Waals surface area contributed by atoms with Crippen LogP contribution >= 0.6 is 11.8 Å². The van der Waals surface area contributed by atoms with E-state index in [1.807, 2.05) is 0 Å². The third-order valence-corrected chi connectivity index (χ3v) is 4.75. The molecular formula is C20H22FN3O2S. The van der Waals surface area contributed by atoms with Crippen molar-refractivity contribution in [3.8, 4) is 0 Å². The highest BCUT2D eigenvalue weighted by Gasteiger charge is 2.18. The normalized spacial score (nSPS) is 13.7. The molecule has 0 aliphatic rings. The molecule has 0 aliphatic carbocycles. The Bertz CT molecular complexity index is 870. The molecule has 27 heavy (non-hydrogen) atoms. The molecule has 3 N–H and O–H groups in total. The molecule has 2 rings (SSSR count). The van der Waals surface area contributed by atoms with E-state index in [0.717, 1.165) is 0 Å². The summed E-state index contributed by atoms with van der Waals surface area (Å²) in [5.41, 5.74) is 6.77. The molecule has 0 bridgehead atoms. The minimum absolute atomic E-state index is 0.273. The maximum Gasteiger partial charge on any atom is 0.248 e. The number of aliphatic imine (C=N–C) groups is 1. The lowest BCUT2D eigenvalue weighted by molar-refractivity contribution is -0.120. The Morgan fingerprint density at radius 3 is 2.48 bits per heavy atom. The van der Waals surface area contributed by atoms with Gasteiger partial charge in [0.05, 0.1) is 12.0 Å². The van der Waals surface area contributed by atoms with Crippen LogP contribution in [0.2, 0.25) is 0 Å². The summed E-state index contributed by atoms with van der Waals surface area (Å²) in [7, 11) is 0. The summed E-state index contributed by atoms with van der Waals surface area (Å²) in [4.78, 5) is 28.3. The Labute approximate surface area is 162 Å². The van der Waals surface area contributed by atoms with Gasteiger partial charge < -0.3 is 11.1 Å². The molecule has 2 aromatic rings. The van der Waals surface area contributed by atoms with Crippen LogP contribution in [0.15, 0.2) is 53.5 Å². The van der Waals surface area contributed by atoms with Crippen LogP contribution < -0.4 is 11.1 Å². The zero-order chi connectivity index (χ0) is 20.0. The van der Waals surface area contributed by atoms with Gasteiger partial charge >= 0.3 is 0 Å². The second-order valence-corrected chi connectivity index (χ2v) is 6.83. The highest BCUT2D eigenvalue weighted by atomic mass is 32.2. The number of carbonyl (C=O) groups excluding carboxylic acids is 2. The van der Waals surface area contributed by atoms with Crippen LogP contribution in [0.5, 0.6) is 0 Å². The first-order chi connectivity index (χ1) is 12.8. The van der Waals surface area contributed by atoms with Crippen molar-refractivity contribution in [1.82, 2.24) is 5.32 Å². The first-order valence-electron chi connectivity index (χ1n) is 8.40. The molecule has 0 saturated heterocycles. The highest BCUT2D eigenvalue weighted by Crippen LogP contribution is 2.22. The van der Waals surface area contributed by atoms with E-state index >= 15 is 0 Å². The Morgan fingerprint density at radius 1 is 1.15 bits per heavy atom. The predicted octanol–water partition coefficient (Wildman–Crippen LogP) is 3.62. The van der Waals surface area contributed by atoms with Gasteiger partial charge in [0.2, 0.25) is 11.8 Å². The van der Waals surface area contributed by atoms with Crippen molar-refractivity contribution in [2.24, 2.45) is 10.7 Å². The van der Waals surface area contributed by atoms with Gasteiger partial charge in [0, 0.05) is 11.1 Å². The lowest BCUT2D eigenvalue weighted by atomic mass is 9.98. The number of rotatable bonds is 5. The Balaban J connectivity index is 2.15. The molecular weight excluding hydrogens is 365 g/mol. The predicted molar refractivity (Wildman–Crippen MR) is 107 cm³/mol. The standard InChI is InChI=1S/C20H22FN3O2S/c1-12(14-7-6-8-15(11-14)18(22)25)19(26)24-20(27-3)23-13(2)16-9-4-5-10-17(16)21/h4-13H,1-3H3,(H2,22,25)(H,23,24,26)/t12?,13-/m0/s1. The van der Waals surface area contributed by atoms with Crippen molar-refractivity contribution >= 4 is 28.7 Å². The van der Waals surface area contributed by atoms with E-state index in [4.69, 9.17) is 5.73 Å². The van der Waals surface area contributed by atoms with E-state index in [-0.39, 0.29) is 11.7 Å². The van der Waals surface area contributed by atoms with Gasteiger partial charge in [0.25, 0.3) is 0 Å². The Morgan fingerprint density at radius 2 is 1.85 bits per heavy atom. The summed E-state index contributed by atoms with van der Waals surface area (Å²) in [6.07, 6.45) is 1.78. The second kappa shape index (κ2) is 9.32. The van der Waals surface area contributed by atoms with E-state index in [1.54, 1.807) is 62.6 Å². The third kappa shape index (κ3) is 5.40. The van der Waals surface area contributed by atoms with Crippen molar-refractivity contribution in [2.75, 3.05) is 6.26 Å². The molecule has 2 aromatic carbocycles. The van der Waals surface area contributed by atoms with Crippen LogP contribution in [-0.2, 0) is 4.79 Å². The highest BCUT2D eigenvalue weighted by molar-refractivity contribution is 8.13. The fourth-order valence-corrected chi connectivity index (χ4v) is 2.99. The average Bonchev–Trinajstić information content (AvgIpc) is 2.67. The molecule has 2 amide bonds. The quantitative estimate of drug-likeness (QED) is 0.607. The van der Waals surface area contributed by atoms with Gasteiger partial charge in [-0.15, -0.1) is 0 Å². The fourth-order valence-electron chi connectivity index (χ4n) is 2.52. The van der Waals surface area contributed by atoms with E-state index in [2.05, 4.69) is 10.3 Å². The van der Waals surface area contributed by atoms with Gasteiger partial charge in [-0.1, -0.05) is 42.1 Å². The zero-order valence-corrected chi connectivity index (χ0v) is 16.2. The third-order valence-electron chi connectivity index (χ3n) is 4.15. The van der Waals surface area contributed by atoms with Crippen molar-refractivity contribution in [3.05, 3.63) is 71.0 Å². The first kappa shape index (κ1) is 20.6. The summed E-state index contributed by atoms with van der Waals surface area (Å²) in [5.74, 6) is -1.66. The molecule has 0 aliphatic heterocycles. The molecule has 5 nitrogen and oxygen atoms in total. The number of hydrogen-bond acceptors (Lipinski definition) is 4. The molecule has 142 valence electrons. The van der Waals surface area contributed by atoms with Crippen LogP contribution in [0, 0.1) is 5.82 Å². The van der Waals surface area contributed by atoms with Crippen LogP contribution in [0.4, 0.5) is 4.39 Å². The van der Waals surface area contributed by atoms with Crippen molar-refractivity contribution in [3.63, 3.8) is 0 Å². The summed E-state index contributed by atoms with van der Waals surface area (Å²) in [6.45, 7) is 3.49. The van der Waals surface area contributed by atoms with Gasteiger partial charge in [-0.2, -0.15) is 0 Å². The maximum absolute atomic E-state index is 13.9. The number of nitrogens with one attached hydrogen (secondary N) is 1. The maximum atomic E-state index is 13.9. The number of hydrogen-bond donors (Lipinski definition) is 2. The van der Waals surface area contributed by atoms with E-state index < -0.39 is 17.9 Å². The van der Waals surface area contributed by atoms with Gasteiger partial charge in [-0.05, 0) is 43.9 Å². The largest absolute Gasteiger partial charge is 0.366 e. The Kier molecular flexibility index (Phi) is 7.12. The molecule has 0 fully saturated rings. The van der Waals surface area contributed by atoms with Crippen LogP contribution in [0.3, 0.4) is 0 Å². The number of halogens is 1. The SMILES string of the molecule is CSC(=N[C@@H](C)c1ccccc1F)NC(=O)C(C)c1cccc(C(N)=O)c1. The summed E-state index contributed by atoms with van der Waals surface area (Å²) in [6, 6.07) is 12.6. The lowest BCUT2D eigenvalue weighted by Gasteiger charge is -2.15. The van der Waals surface area contributed by atoms with Crippen LogP contribution in [0.1, 0.15) is 47.3 Å². The molecule has 0 spiro atoms. The molecule has 7 heteroatoms. The number of thioether (sulfide) groups is 1. The number of nitrogens with zero attached hydrogens (tertiary/aromatic N) is 1. The number of benzene rings is 2. The van der Waals surface area contributed by atoms with E-state index in [9.17, 15) is 14.0 Å². The monoisotopic (exact) mass is 387 g/mol. The lowest BCUT2D eigenvalue weighted by Crippen LogP contribution is -2.32. The first-order valence-corrected chi connectivity index (χ1v) is 9.62. The van der Waals surface area contributed by atoms with Crippen molar-refractivity contribution in [2.45, 2.75) is 25.8 Å². The Hall–Kier alpha value is -2.67. The summed E-state index contributed by atoms with van der Waals surface area (Å²) < 4.78 is 13.9. The number of carbonyl (C=O) groups is 2. The van der Waals surface area contributed by atoms with Gasteiger partial charge in [0.15, 0.2) is 5.17 Å². The number of amidine groups is 1. The molecule has 0 heterocycles. The molecule has 2 atom stereocenters. The van der Waals surface area contributed by atoms with Crippen LogP contribution in [-0.4, -0.2) is 23.2 Å². The minimum Gasteiger partial charge on any atom is -0.366 e. The summed E-state index contributed by atoms with van der Waals surface area (Å²) in [5, 5.41) is 3.17. The molecule has 0 aromatic heterocycles. The molecule has 0 radical (unpaired) electrons. The van der Waals surface area contributed by atoms with Crippen molar-refractivity contribution < 1.29 is 14.0 Å². The second-order valence-electron chi connectivity index (χ2n) is 6.04. The minimum atomic E-state index is -0.547. The summed E-state index contributed by atoms with van der Waals surface area (Å²) >= 11 is 1.27. The van der Waals surface area contributed by atoms with Gasteiger partial charge in [-0.25, -0.2) is 4.39 Å². The van der Waals surface area contributed by atoms with Crippen molar-refractivity contribution in [1.29, 1.82) is 0 Å². The average molecular weight is 387 g/mol. The van der Waals surface area contributed by atoms with Gasteiger partial charge in [-0.3, -0.25) is 14.6 Å². The van der Waals surface area contributed by atoms with E-state index in [0.29, 0.717) is 21.9 Å². The number of amides is 2. The smallest absolute Gasteiger partial charge is 0.248 e. The van der Waals surface area contributed by atoms with Gasteiger partial charge in [0.1, 0.15) is 5.82 Å². The van der Waals surface area contributed by atoms with Crippen LogP contribution in [0.25, 0.3) is 0 Å². The zero-order valence-electron chi connectivity index (χ0n) is 15.4. The fraction of sp³-hybridized carbons (Fsp3) is 0.250.